The molecule has 0 saturated carbocycles. The van der Waals surface area contributed by atoms with Crippen molar-refractivity contribution >= 4 is 23.4 Å². The number of benzene rings is 1. The van der Waals surface area contributed by atoms with Gasteiger partial charge >= 0.3 is 5.97 Å². The van der Waals surface area contributed by atoms with Gasteiger partial charge in [0.25, 0.3) is 0 Å². The molecule has 0 atom stereocenters. The maximum absolute atomic E-state index is 13.4. The zero-order valence-corrected chi connectivity index (χ0v) is 10.5. The third kappa shape index (κ3) is 3.93. The van der Waals surface area contributed by atoms with Crippen LogP contribution in [0.5, 0.6) is 0 Å². The third-order valence-corrected chi connectivity index (χ3v) is 3.49. The molecule has 0 aromatic heterocycles. The van der Waals surface area contributed by atoms with Crippen LogP contribution in [0.2, 0.25) is 0 Å². The summed E-state index contributed by atoms with van der Waals surface area (Å²) in [6, 6.07) is 2.38. The number of hydrogen-bond acceptors (Lipinski definition) is 3. The lowest BCUT2D eigenvalue weighted by molar-refractivity contribution is 0.0692. The van der Waals surface area contributed by atoms with Gasteiger partial charge in [-0.25, -0.2) is 9.18 Å². The first-order valence-corrected chi connectivity index (χ1v) is 6.50. The largest absolute Gasteiger partial charge is 0.478 e. The van der Waals surface area contributed by atoms with E-state index in [0.29, 0.717) is 10.6 Å². The van der Waals surface area contributed by atoms with E-state index >= 15 is 0 Å². The van der Waals surface area contributed by atoms with Crippen molar-refractivity contribution in [1.29, 1.82) is 0 Å². The molecule has 3 nitrogen and oxygen atoms in total. The van der Waals surface area contributed by atoms with Gasteiger partial charge < -0.3 is 10.8 Å². The minimum Gasteiger partial charge on any atom is -0.478 e. The van der Waals surface area contributed by atoms with Gasteiger partial charge in [0, 0.05) is 10.6 Å². The van der Waals surface area contributed by atoms with Crippen LogP contribution in [-0.2, 0) is 0 Å². The summed E-state index contributed by atoms with van der Waals surface area (Å²) < 4.78 is 13.4. The second kappa shape index (κ2) is 6.49. The first-order chi connectivity index (χ1) is 8.06. The smallest absolute Gasteiger partial charge is 0.338 e. The molecular weight excluding hydrogens is 241 g/mol. The number of aromatic carboxylic acids is 1. The minimum absolute atomic E-state index is 0.324. The summed E-state index contributed by atoms with van der Waals surface area (Å²) in [5.41, 5.74) is 5.64. The summed E-state index contributed by atoms with van der Waals surface area (Å²) in [6.07, 6.45) is 3.30. The summed E-state index contributed by atoms with van der Waals surface area (Å²) >= 11 is 1.46. The quantitative estimate of drug-likeness (QED) is 0.466. The fourth-order valence-corrected chi connectivity index (χ4v) is 2.38. The van der Waals surface area contributed by atoms with E-state index < -0.39 is 11.8 Å². The first kappa shape index (κ1) is 13.8. The fraction of sp³-hybridized carbons (Fsp3) is 0.417. The number of unbranched alkanes of at least 4 members (excludes halogenated alkanes) is 2. The lowest BCUT2D eigenvalue weighted by Crippen LogP contribution is -2.03. The molecule has 0 unspecified atom stereocenters. The lowest BCUT2D eigenvalue weighted by Gasteiger charge is -2.07. The normalized spacial score (nSPS) is 10.5. The van der Waals surface area contributed by atoms with Crippen molar-refractivity contribution in [2.45, 2.75) is 31.1 Å². The van der Waals surface area contributed by atoms with Gasteiger partial charge in [0.2, 0.25) is 0 Å². The van der Waals surface area contributed by atoms with Gasteiger partial charge in [0.1, 0.15) is 5.82 Å². The highest BCUT2D eigenvalue weighted by Gasteiger charge is 2.13. The van der Waals surface area contributed by atoms with E-state index in [2.05, 4.69) is 6.92 Å². The Bertz CT molecular complexity index is 410. The van der Waals surface area contributed by atoms with Crippen molar-refractivity contribution in [1.82, 2.24) is 0 Å². The number of rotatable bonds is 6. The van der Waals surface area contributed by atoms with Crippen LogP contribution in [-0.4, -0.2) is 16.8 Å². The molecule has 0 heterocycles. The van der Waals surface area contributed by atoms with E-state index in [1.54, 1.807) is 0 Å². The molecule has 94 valence electrons. The molecule has 3 N–H and O–H groups in total. The molecule has 1 aromatic carbocycles. The van der Waals surface area contributed by atoms with Gasteiger partial charge in [-0.3, -0.25) is 0 Å². The number of anilines is 1. The van der Waals surface area contributed by atoms with E-state index in [-0.39, 0.29) is 5.56 Å². The van der Waals surface area contributed by atoms with Gasteiger partial charge in [0.15, 0.2) is 0 Å². The van der Waals surface area contributed by atoms with E-state index in [9.17, 15) is 9.18 Å². The Kier molecular flexibility index (Phi) is 5.28. The fourth-order valence-electron chi connectivity index (χ4n) is 1.39. The average Bonchev–Trinajstić information content (AvgIpc) is 2.28. The zero-order chi connectivity index (χ0) is 12.8. The van der Waals surface area contributed by atoms with E-state index in [1.807, 2.05) is 0 Å². The van der Waals surface area contributed by atoms with Crippen molar-refractivity contribution in [3.8, 4) is 0 Å². The van der Waals surface area contributed by atoms with Crippen molar-refractivity contribution < 1.29 is 14.3 Å². The molecule has 0 amide bonds. The molecule has 0 aliphatic rings. The average molecular weight is 257 g/mol. The molecule has 0 radical (unpaired) electrons. The van der Waals surface area contributed by atoms with Crippen molar-refractivity contribution in [3.05, 3.63) is 23.5 Å². The predicted molar refractivity (Wildman–Crippen MR) is 68.0 cm³/mol. The Labute approximate surface area is 104 Å². The number of thioether (sulfide) groups is 1. The highest BCUT2D eigenvalue weighted by molar-refractivity contribution is 7.99. The van der Waals surface area contributed by atoms with Crippen molar-refractivity contribution in [2.24, 2.45) is 0 Å². The first-order valence-electron chi connectivity index (χ1n) is 5.51. The van der Waals surface area contributed by atoms with Gasteiger partial charge in [0.05, 0.1) is 5.56 Å². The molecule has 0 saturated heterocycles. The van der Waals surface area contributed by atoms with Gasteiger partial charge in [-0.2, -0.15) is 0 Å². The molecule has 1 aromatic rings. The third-order valence-electron chi connectivity index (χ3n) is 2.34. The zero-order valence-electron chi connectivity index (χ0n) is 9.70. The van der Waals surface area contributed by atoms with Crippen LogP contribution in [0.3, 0.4) is 0 Å². The van der Waals surface area contributed by atoms with Crippen LogP contribution in [0.1, 0.15) is 36.5 Å². The Hall–Kier alpha value is -1.23. The number of nitrogens with two attached hydrogens (primary N) is 1. The SMILES string of the molecule is CCCCCSc1cc(F)c(C(=O)O)cc1N. The number of hydrogen-bond donors (Lipinski definition) is 2. The predicted octanol–water partition coefficient (Wildman–Crippen LogP) is 3.39. The van der Waals surface area contributed by atoms with E-state index in [0.717, 1.165) is 25.0 Å². The van der Waals surface area contributed by atoms with Gasteiger partial charge in [-0.15, -0.1) is 11.8 Å². The van der Waals surface area contributed by atoms with Crippen LogP contribution in [0, 0.1) is 5.82 Å². The van der Waals surface area contributed by atoms with Crippen LogP contribution in [0.15, 0.2) is 17.0 Å². The Balaban J connectivity index is 2.74. The minimum atomic E-state index is -1.29. The molecule has 1 rings (SSSR count). The molecule has 0 aliphatic heterocycles. The lowest BCUT2D eigenvalue weighted by atomic mass is 10.2. The summed E-state index contributed by atoms with van der Waals surface area (Å²) in [6.45, 7) is 2.11. The maximum Gasteiger partial charge on any atom is 0.338 e. The molecule has 5 heteroatoms. The number of halogens is 1. The number of nitrogen functional groups attached to an aromatic ring is 1. The van der Waals surface area contributed by atoms with Crippen LogP contribution >= 0.6 is 11.8 Å². The summed E-state index contributed by atoms with van der Waals surface area (Å²) in [7, 11) is 0. The maximum atomic E-state index is 13.4. The second-order valence-electron chi connectivity index (χ2n) is 3.73. The summed E-state index contributed by atoms with van der Waals surface area (Å²) in [5.74, 6) is -1.16. The number of carbonyl (C=O) groups is 1. The van der Waals surface area contributed by atoms with Crippen molar-refractivity contribution in [3.63, 3.8) is 0 Å². The summed E-state index contributed by atoms with van der Waals surface area (Å²) in [4.78, 5) is 11.3. The van der Waals surface area contributed by atoms with Crippen LogP contribution < -0.4 is 5.73 Å². The molecule has 0 bridgehead atoms. The van der Waals surface area contributed by atoms with Crippen LogP contribution in [0.4, 0.5) is 10.1 Å². The highest BCUT2D eigenvalue weighted by Crippen LogP contribution is 2.28. The molecule has 0 spiro atoms. The molecule has 0 fully saturated rings. The van der Waals surface area contributed by atoms with E-state index in [4.69, 9.17) is 10.8 Å². The van der Waals surface area contributed by atoms with Crippen LogP contribution in [0.25, 0.3) is 0 Å². The summed E-state index contributed by atoms with van der Waals surface area (Å²) in [5, 5.41) is 8.72. The Morgan fingerprint density at radius 2 is 2.18 bits per heavy atom. The Morgan fingerprint density at radius 1 is 1.47 bits per heavy atom. The highest BCUT2D eigenvalue weighted by atomic mass is 32.2. The topological polar surface area (TPSA) is 63.3 Å². The van der Waals surface area contributed by atoms with Gasteiger partial charge in [-0.1, -0.05) is 19.8 Å². The van der Waals surface area contributed by atoms with Gasteiger partial charge in [-0.05, 0) is 24.3 Å². The van der Waals surface area contributed by atoms with E-state index in [1.165, 1.54) is 23.9 Å². The van der Waals surface area contributed by atoms with Crippen molar-refractivity contribution in [2.75, 3.05) is 11.5 Å². The molecule has 17 heavy (non-hydrogen) atoms. The number of carboxylic acids is 1. The number of carboxylic acid groups (broad SMARTS) is 1. The molecular formula is C12H16FNO2S. The monoisotopic (exact) mass is 257 g/mol. The molecule has 0 aliphatic carbocycles. The second-order valence-corrected chi connectivity index (χ2v) is 4.87. The Morgan fingerprint density at radius 3 is 2.76 bits per heavy atom. The standard InChI is InChI=1S/C12H16FNO2S/c1-2-3-4-5-17-11-7-9(13)8(12(15)16)6-10(11)14/h6-7H,2-5,14H2,1H3,(H,15,16).